The molecule has 0 aromatic heterocycles. The first-order valence-electron chi connectivity index (χ1n) is 9.21. The first-order chi connectivity index (χ1) is 11.6. The Kier molecular flexibility index (Phi) is 6.12. The highest BCUT2D eigenvalue weighted by Crippen LogP contribution is 2.41. The van der Waals surface area contributed by atoms with Crippen LogP contribution in [0.25, 0.3) is 0 Å². The summed E-state index contributed by atoms with van der Waals surface area (Å²) in [5.74, 6) is -0.00139. The monoisotopic (exact) mass is 363 g/mol. The number of nitrogens with zero attached hydrogens (tertiary/aromatic N) is 1. The lowest BCUT2D eigenvalue weighted by Crippen LogP contribution is -2.65. The van der Waals surface area contributed by atoms with Gasteiger partial charge in [0.15, 0.2) is 8.32 Å². The number of amides is 1. The SMILES string of the molecule is C[C@@H](O[Si](C)(C)C(C)(C)C)[C@H]1C(=O)N(Cc2ccccc2)[C@@H]1CCO. The lowest BCUT2D eigenvalue weighted by Gasteiger charge is -2.51. The molecule has 0 spiro atoms. The quantitative estimate of drug-likeness (QED) is 0.592. The molecule has 140 valence electrons. The number of carbonyl (C=O) groups excluding carboxylic acids is 1. The summed E-state index contributed by atoms with van der Waals surface area (Å²) in [5.41, 5.74) is 1.12. The summed E-state index contributed by atoms with van der Waals surface area (Å²) in [7, 11) is -1.92. The highest BCUT2D eigenvalue weighted by atomic mass is 28.4. The third-order valence-electron chi connectivity index (χ3n) is 5.80. The molecule has 3 atom stereocenters. The van der Waals surface area contributed by atoms with Crippen LogP contribution < -0.4 is 0 Å². The predicted octanol–water partition coefficient (Wildman–Crippen LogP) is 3.81. The Labute approximate surface area is 153 Å². The second-order valence-corrected chi connectivity index (χ2v) is 13.4. The smallest absolute Gasteiger partial charge is 0.230 e. The topological polar surface area (TPSA) is 49.8 Å². The minimum absolute atomic E-state index is 0.0532. The summed E-state index contributed by atoms with van der Waals surface area (Å²) in [6.07, 6.45) is 0.492. The van der Waals surface area contributed by atoms with Crippen LogP contribution in [0.4, 0.5) is 0 Å². The maximum absolute atomic E-state index is 12.8. The molecule has 2 rings (SSSR count). The van der Waals surface area contributed by atoms with Crippen molar-refractivity contribution in [3.8, 4) is 0 Å². The molecule has 1 aliphatic rings. The van der Waals surface area contributed by atoms with Crippen molar-refractivity contribution in [2.45, 2.75) is 70.9 Å². The number of aliphatic hydroxyl groups is 1. The fourth-order valence-electron chi connectivity index (χ4n) is 3.30. The molecule has 1 N–H and O–H groups in total. The van der Waals surface area contributed by atoms with Crippen LogP contribution in [-0.2, 0) is 15.8 Å². The molecule has 1 amide bonds. The summed E-state index contributed by atoms with van der Waals surface area (Å²) in [6.45, 7) is 13.8. The first kappa shape index (κ1) is 20.1. The van der Waals surface area contributed by atoms with Crippen molar-refractivity contribution in [1.82, 2.24) is 4.90 Å². The number of aliphatic hydroxyl groups excluding tert-OH is 1. The van der Waals surface area contributed by atoms with Gasteiger partial charge >= 0.3 is 0 Å². The standard InChI is InChI=1S/C20H33NO3Si/c1-15(24-25(5,6)20(2,3)4)18-17(12-13-22)21(19(18)23)14-16-10-8-7-9-11-16/h7-11,15,17-18,22H,12-14H2,1-6H3/t15-,17-,18-/m1/s1. The van der Waals surface area contributed by atoms with Gasteiger partial charge in [-0.15, -0.1) is 0 Å². The number of hydrogen-bond donors (Lipinski definition) is 1. The Morgan fingerprint density at radius 1 is 1.24 bits per heavy atom. The summed E-state index contributed by atoms with van der Waals surface area (Å²) in [4.78, 5) is 14.7. The van der Waals surface area contributed by atoms with E-state index in [1.807, 2.05) is 42.2 Å². The van der Waals surface area contributed by atoms with Gasteiger partial charge in [-0.05, 0) is 37.0 Å². The molecular weight excluding hydrogens is 330 g/mol. The van der Waals surface area contributed by atoms with Crippen LogP contribution in [0.5, 0.6) is 0 Å². The van der Waals surface area contributed by atoms with Gasteiger partial charge in [-0.25, -0.2) is 0 Å². The van der Waals surface area contributed by atoms with Crippen LogP contribution in [0.1, 0.15) is 39.7 Å². The van der Waals surface area contributed by atoms with E-state index in [4.69, 9.17) is 4.43 Å². The molecule has 1 aromatic rings. The van der Waals surface area contributed by atoms with E-state index in [1.165, 1.54) is 0 Å². The molecule has 0 bridgehead atoms. The molecule has 0 aliphatic carbocycles. The van der Waals surface area contributed by atoms with Crippen molar-refractivity contribution >= 4 is 14.2 Å². The predicted molar refractivity (Wildman–Crippen MR) is 104 cm³/mol. The van der Waals surface area contributed by atoms with Crippen molar-refractivity contribution in [3.63, 3.8) is 0 Å². The maximum atomic E-state index is 12.8. The number of carbonyl (C=O) groups is 1. The zero-order valence-corrected chi connectivity index (χ0v) is 17.5. The minimum atomic E-state index is -1.92. The molecule has 4 nitrogen and oxygen atoms in total. The summed E-state index contributed by atoms with van der Waals surface area (Å²) in [6, 6.07) is 10.1. The van der Waals surface area contributed by atoms with Crippen molar-refractivity contribution < 1.29 is 14.3 Å². The molecule has 1 aromatic carbocycles. The van der Waals surface area contributed by atoms with E-state index < -0.39 is 8.32 Å². The molecule has 0 radical (unpaired) electrons. The van der Waals surface area contributed by atoms with Gasteiger partial charge < -0.3 is 14.4 Å². The molecule has 1 fully saturated rings. The van der Waals surface area contributed by atoms with Gasteiger partial charge in [0.1, 0.15) is 0 Å². The lowest BCUT2D eigenvalue weighted by atomic mass is 9.81. The third-order valence-corrected chi connectivity index (χ3v) is 10.4. The van der Waals surface area contributed by atoms with E-state index in [2.05, 4.69) is 33.9 Å². The second-order valence-electron chi connectivity index (χ2n) is 8.64. The van der Waals surface area contributed by atoms with Crippen LogP contribution in [-0.4, -0.2) is 43.0 Å². The number of hydrogen-bond acceptors (Lipinski definition) is 3. The molecule has 1 heterocycles. The van der Waals surface area contributed by atoms with Crippen LogP contribution >= 0.6 is 0 Å². The van der Waals surface area contributed by atoms with Crippen LogP contribution in [0, 0.1) is 5.92 Å². The van der Waals surface area contributed by atoms with E-state index in [1.54, 1.807) is 0 Å². The van der Waals surface area contributed by atoms with Crippen LogP contribution in [0.2, 0.25) is 18.1 Å². The largest absolute Gasteiger partial charge is 0.413 e. The van der Waals surface area contributed by atoms with Crippen LogP contribution in [0.15, 0.2) is 30.3 Å². The van der Waals surface area contributed by atoms with E-state index >= 15 is 0 Å². The average Bonchev–Trinajstić information content (AvgIpc) is 2.51. The van der Waals surface area contributed by atoms with Crippen molar-refractivity contribution in [3.05, 3.63) is 35.9 Å². The zero-order chi connectivity index (χ0) is 18.8. The Morgan fingerprint density at radius 2 is 1.84 bits per heavy atom. The van der Waals surface area contributed by atoms with Crippen molar-refractivity contribution in [2.24, 2.45) is 5.92 Å². The Hall–Kier alpha value is -1.17. The summed E-state index contributed by atoms with van der Waals surface area (Å²) < 4.78 is 6.46. The van der Waals surface area contributed by atoms with Gasteiger partial charge in [0.05, 0.1) is 12.0 Å². The van der Waals surface area contributed by atoms with E-state index in [0.717, 1.165) is 5.56 Å². The molecule has 1 saturated heterocycles. The highest BCUT2D eigenvalue weighted by molar-refractivity contribution is 6.74. The van der Waals surface area contributed by atoms with Gasteiger partial charge in [-0.2, -0.15) is 0 Å². The van der Waals surface area contributed by atoms with Crippen LogP contribution in [0.3, 0.4) is 0 Å². The average molecular weight is 364 g/mol. The van der Waals surface area contributed by atoms with Crippen molar-refractivity contribution in [2.75, 3.05) is 6.61 Å². The molecule has 5 heteroatoms. The van der Waals surface area contributed by atoms with E-state index in [-0.39, 0.29) is 35.6 Å². The van der Waals surface area contributed by atoms with Crippen molar-refractivity contribution in [1.29, 1.82) is 0 Å². The third kappa shape index (κ3) is 4.33. The second kappa shape index (κ2) is 7.60. The molecular formula is C20H33NO3Si. The first-order valence-corrected chi connectivity index (χ1v) is 12.1. The summed E-state index contributed by atoms with van der Waals surface area (Å²) >= 11 is 0. The Morgan fingerprint density at radius 3 is 2.36 bits per heavy atom. The van der Waals surface area contributed by atoms with Gasteiger partial charge in [0.2, 0.25) is 5.91 Å². The minimum Gasteiger partial charge on any atom is -0.413 e. The normalized spacial score (nSPS) is 22.7. The number of rotatable bonds is 7. The Bertz CT molecular complexity index is 582. The fourth-order valence-corrected chi connectivity index (χ4v) is 4.73. The number of likely N-dealkylation sites (tertiary alicyclic amines) is 1. The lowest BCUT2D eigenvalue weighted by molar-refractivity contribution is -0.165. The van der Waals surface area contributed by atoms with Gasteiger partial charge in [0.25, 0.3) is 0 Å². The van der Waals surface area contributed by atoms with E-state index in [0.29, 0.717) is 13.0 Å². The highest BCUT2D eigenvalue weighted by Gasteiger charge is 2.51. The molecule has 25 heavy (non-hydrogen) atoms. The van der Waals surface area contributed by atoms with E-state index in [9.17, 15) is 9.90 Å². The van der Waals surface area contributed by atoms with Gasteiger partial charge in [-0.1, -0.05) is 51.1 Å². The molecule has 0 saturated carbocycles. The fraction of sp³-hybridized carbons (Fsp3) is 0.650. The number of benzene rings is 1. The van der Waals surface area contributed by atoms with Gasteiger partial charge in [-0.3, -0.25) is 4.79 Å². The Balaban J connectivity index is 2.09. The number of β-lactam (4-membered cyclic amide) rings is 1. The van der Waals surface area contributed by atoms with Gasteiger partial charge in [0, 0.05) is 19.2 Å². The maximum Gasteiger partial charge on any atom is 0.230 e. The molecule has 0 unspecified atom stereocenters. The molecule has 1 aliphatic heterocycles. The zero-order valence-electron chi connectivity index (χ0n) is 16.5. The summed E-state index contributed by atoms with van der Waals surface area (Å²) in [5, 5.41) is 9.58.